The highest BCUT2D eigenvalue weighted by atomic mass is 16.4. The van der Waals surface area contributed by atoms with Gasteiger partial charge in [0.25, 0.3) is 0 Å². The van der Waals surface area contributed by atoms with Crippen molar-refractivity contribution in [2.45, 2.75) is 57.8 Å². The number of hydrogen-bond donors (Lipinski definition) is 4. The zero-order valence-corrected chi connectivity index (χ0v) is 11.1. The van der Waals surface area contributed by atoms with E-state index in [1.807, 2.05) is 0 Å². The summed E-state index contributed by atoms with van der Waals surface area (Å²) >= 11 is 0. The second-order valence-electron chi connectivity index (χ2n) is 5.42. The third-order valence-corrected chi connectivity index (χ3v) is 3.21. The molecule has 0 saturated carbocycles. The van der Waals surface area contributed by atoms with E-state index in [0.717, 1.165) is 6.42 Å². The monoisotopic (exact) mass is 257 g/mol. The molecule has 0 aliphatic carbocycles. The van der Waals surface area contributed by atoms with E-state index in [9.17, 15) is 9.59 Å². The van der Waals surface area contributed by atoms with Crippen LogP contribution >= 0.6 is 0 Å². The van der Waals surface area contributed by atoms with Crippen LogP contribution < -0.4 is 16.4 Å². The number of carboxylic acids is 1. The number of aliphatic carboxylic acids is 1. The van der Waals surface area contributed by atoms with Crippen LogP contribution in [0.1, 0.15) is 33.6 Å². The van der Waals surface area contributed by atoms with Gasteiger partial charge in [0.1, 0.15) is 6.04 Å². The molecule has 1 aliphatic heterocycles. The Morgan fingerprint density at radius 2 is 2.11 bits per heavy atom. The van der Waals surface area contributed by atoms with Crippen LogP contribution in [0.3, 0.4) is 0 Å². The summed E-state index contributed by atoms with van der Waals surface area (Å²) in [6.45, 7) is 5.58. The van der Waals surface area contributed by atoms with Crippen LogP contribution in [0, 0.1) is 5.92 Å². The summed E-state index contributed by atoms with van der Waals surface area (Å²) in [6.07, 6.45) is 1.17. The molecule has 1 aliphatic rings. The van der Waals surface area contributed by atoms with E-state index < -0.39 is 12.0 Å². The largest absolute Gasteiger partial charge is 0.480 e. The first-order valence-electron chi connectivity index (χ1n) is 6.32. The molecule has 4 atom stereocenters. The van der Waals surface area contributed by atoms with Gasteiger partial charge in [-0.25, -0.2) is 0 Å². The van der Waals surface area contributed by atoms with E-state index in [4.69, 9.17) is 10.8 Å². The number of carbonyl (C=O) groups excluding carboxylic acids is 1. The maximum atomic E-state index is 11.2. The van der Waals surface area contributed by atoms with Crippen molar-refractivity contribution < 1.29 is 14.7 Å². The van der Waals surface area contributed by atoms with Crippen LogP contribution in [0.4, 0.5) is 0 Å². The van der Waals surface area contributed by atoms with Gasteiger partial charge in [0.15, 0.2) is 0 Å². The fraction of sp³-hybridized carbons (Fsp3) is 0.833. The molecule has 5 N–H and O–H groups in total. The van der Waals surface area contributed by atoms with Crippen molar-refractivity contribution in [2.24, 2.45) is 11.7 Å². The van der Waals surface area contributed by atoms with Gasteiger partial charge in [0, 0.05) is 25.0 Å². The summed E-state index contributed by atoms with van der Waals surface area (Å²) in [5.74, 6) is -0.604. The second kappa shape index (κ2) is 6.15. The molecule has 6 nitrogen and oxygen atoms in total. The van der Waals surface area contributed by atoms with E-state index in [1.54, 1.807) is 0 Å². The number of nitrogens with one attached hydrogen (secondary N) is 2. The lowest BCUT2D eigenvalue weighted by Gasteiger charge is -2.29. The highest BCUT2D eigenvalue weighted by molar-refractivity contribution is 5.75. The number of amides is 1. The normalized spacial score (nSPS) is 29.3. The first-order chi connectivity index (χ1) is 8.31. The standard InChI is InChI=1S/C12H23N3O3/c1-6(2)4-9(14-7(3)16)11-8(13)5-10(15-11)12(17)18/h6,8-11,15H,4-5,13H2,1-3H3,(H,14,16)(H,17,18)/t8-,9+,10-,11+/m1/s1. The number of carboxylic acid groups (broad SMARTS) is 1. The van der Waals surface area contributed by atoms with E-state index in [-0.39, 0.29) is 24.0 Å². The summed E-state index contributed by atoms with van der Waals surface area (Å²) in [5, 5.41) is 14.9. The molecule has 0 radical (unpaired) electrons. The molecule has 6 heteroatoms. The smallest absolute Gasteiger partial charge is 0.320 e. The maximum absolute atomic E-state index is 11.2. The lowest BCUT2D eigenvalue weighted by Crippen LogP contribution is -2.54. The average molecular weight is 257 g/mol. The average Bonchev–Trinajstić information content (AvgIpc) is 2.58. The van der Waals surface area contributed by atoms with E-state index in [0.29, 0.717) is 12.3 Å². The number of nitrogens with two attached hydrogens (primary N) is 1. The molecule has 0 bridgehead atoms. The Morgan fingerprint density at radius 3 is 2.50 bits per heavy atom. The summed E-state index contributed by atoms with van der Waals surface area (Å²) in [6, 6.07) is -1.17. The summed E-state index contributed by atoms with van der Waals surface area (Å²) in [4.78, 5) is 22.2. The Hall–Kier alpha value is -1.14. The summed E-state index contributed by atoms with van der Waals surface area (Å²) in [7, 11) is 0. The fourth-order valence-corrected chi connectivity index (χ4v) is 2.49. The van der Waals surface area contributed by atoms with Gasteiger partial charge < -0.3 is 16.2 Å². The molecule has 18 heavy (non-hydrogen) atoms. The molecule has 1 fully saturated rings. The van der Waals surface area contributed by atoms with Gasteiger partial charge in [-0.05, 0) is 18.8 Å². The minimum Gasteiger partial charge on any atom is -0.480 e. The topological polar surface area (TPSA) is 104 Å². The predicted molar refractivity (Wildman–Crippen MR) is 68.0 cm³/mol. The lowest BCUT2D eigenvalue weighted by molar-refractivity contribution is -0.139. The first kappa shape index (κ1) is 14.9. The Labute approximate surface area is 107 Å². The minimum atomic E-state index is -0.890. The van der Waals surface area contributed by atoms with Gasteiger partial charge in [-0.2, -0.15) is 0 Å². The zero-order valence-electron chi connectivity index (χ0n) is 11.1. The molecule has 0 aromatic heterocycles. The van der Waals surface area contributed by atoms with E-state index >= 15 is 0 Å². The maximum Gasteiger partial charge on any atom is 0.320 e. The third-order valence-electron chi connectivity index (χ3n) is 3.21. The minimum absolute atomic E-state index is 0.117. The molecule has 1 saturated heterocycles. The Kier molecular flexibility index (Phi) is 5.10. The van der Waals surface area contributed by atoms with Crippen LogP contribution in [-0.2, 0) is 9.59 Å². The Bertz CT molecular complexity index is 320. The van der Waals surface area contributed by atoms with E-state index in [2.05, 4.69) is 24.5 Å². The first-order valence-corrected chi connectivity index (χ1v) is 6.32. The van der Waals surface area contributed by atoms with Gasteiger partial charge in [-0.15, -0.1) is 0 Å². The van der Waals surface area contributed by atoms with Crippen molar-refractivity contribution in [3.05, 3.63) is 0 Å². The Balaban J connectivity index is 2.72. The zero-order chi connectivity index (χ0) is 13.9. The molecular weight excluding hydrogens is 234 g/mol. The Morgan fingerprint density at radius 1 is 1.50 bits per heavy atom. The van der Waals surface area contributed by atoms with E-state index in [1.165, 1.54) is 6.92 Å². The van der Waals surface area contributed by atoms with Gasteiger partial charge in [-0.1, -0.05) is 13.8 Å². The predicted octanol–water partition coefficient (Wildman–Crippen LogP) is -0.320. The SMILES string of the molecule is CC(=O)N[C@@H](CC(C)C)[C@H]1N[C@@H](C(=O)O)C[C@H]1N. The quantitative estimate of drug-likeness (QED) is 0.540. The summed E-state index contributed by atoms with van der Waals surface area (Å²) in [5.41, 5.74) is 5.98. The number of rotatable bonds is 5. The fourth-order valence-electron chi connectivity index (χ4n) is 2.49. The lowest BCUT2D eigenvalue weighted by atomic mass is 9.94. The molecule has 0 aromatic carbocycles. The van der Waals surface area contributed by atoms with Crippen molar-refractivity contribution in [3.8, 4) is 0 Å². The molecule has 104 valence electrons. The van der Waals surface area contributed by atoms with Gasteiger partial charge in [-0.3, -0.25) is 14.9 Å². The van der Waals surface area contributed by atoms with Crippen LogP contribution in [-0.4, -0.2) is 41.2 Å². The van der Waals surface area contributed by atoms with Gasteiger partial charge in [0.2, 0.25) is 5.91 Å². The van der Waals surface area contributed by atoms with Crippen LogP contribution in [0.2, 0.25) is 0 Å². The summed E-state index contributed by atoms with van der Waals surface area (Å²) < 4.78 is 0. The highest BCUT2D eigenvalue weighted by Crippen LogP contribution is 2.19. The third kappa shape index (κ3) is 3.96. The van der Waals surface area contributed by atoms with Gasteiger partial charge in [0.05, 0.1) is 0 Å². The molecule has 1 heterocycles. The van der Waals surface area contributed by atoms with Gasteiger partial charge >= 0.3 is 5.97 Å². The number of carbonyl (C=O) groups is 2. The molecule has 1 rings (SSSR count). The van der Waals surface area contributed by atoms with Crippen molar-refractivity contribution in [3.63, 3.8) is 0 Å². The highest BCUT2D eigenvalue weighted by Gasteiger charge is 2.39. The van der Waals surface area contributed by atoms with Crippen LogP contribution in [0.25, 0.3) is 0 Å². The van der Waals surface area contributed by atoms with Crippen LogP contribution in [0.5, 0.6) is 0 Å². The second-order valence-corrected chi connectivity index (χ2v) is 5.42. The molecular formula is C12H23N3O3. The molecule has 0 spiro atoms. The molecule has 1 amide bonds. The van der Waals surface area contributed by atoms with Crippen LogP contribution in [0.15, 0.2) is 0 Å². The molecule has 0 unspecified atom stereocenters. The number of hydrogen-bond acceptors (Lipinski definition) is 4. The van der Waals surface area contributed by atoms with Crippen molar-refractivity contribution >= 4 is 11.9 Å². The van der Waals surface area contributed by atoms with Crippen molar-refractivity contribution in [2.75, 3.05) is 0 Å². The van der Waals surface area contributed by atoms with Crippen molar-refractivity contribution in [1.82, 2.24) is 10.6 Å². The molecule has 0 aromatic rings. The van der Waals surface area contributed by atoms with Crippen molar-refractivity contribution in [1.29, 1.82) is 0 Å².